The second kappa shape index (κ2) is 17.9. The Hall–Kier alpha value is -2.73. The summed E-state index contributed by atoms with van der Waals surface area (Å²) in [4.78, 5) is 12.4. The van der Waals surface area contributed by atoms with Gasteiger partial charge in [0.25, 0.3) is 0 Å². The van der Waals surface area contributed by atoms with E-state index in [1.807, 2.05) is 45.9 Å². The molecular formula is C26H44N4O2. The van der Waals surface area contributed by atoms with Crippen molar-refractivity contribution in [2.24, 2.45) is 5.73 Å². The Morgan fingerprint density at radius 2 is 1.88 bits per heavy atom. The third-order valence-corrected chi connectivity index (χ3v) is 4.62. The van der Waals surface area contributed by atoms with Crippen LogP contribution in [0.25, 0.3) is 0 Å². The van der Waals surface area contributed by atoms with Crippen molar-refractivity contribution in [1.82, 2.24) is 16.2 Å². The average Bonchev–Trinajstić information content (AvgIpc) is 2.81. The van der Waals surface area contributed by atoms with Crippen molar-refractivity contribution < 1.29 is 9.53 Å². The summed E-state index contributed by atoms with van der Waals surface area (Å²) >= 11 is 0. The van der Waals surface area contributed by atoms with Gasteiger partial charge in [-0.25, -0.2) is 10.2 Å². The Labute approximate surface area is 195 Å². The highest BCUT2D eigenvalue weighted by atomic mass is 16.5. The third kappa shape index (κ3) is 11.6. The molecule has 180 valence electrons. The fourth-order valence-corrected chi connectivity index (χ4v) is 2.97. The quantitative estimate of drug-likeness (QED) is 0.235. The first kappa shape index (κ1) is 29.3. The lowest BCUT2D eigenvalue weighted by Gasteiger charge is -2.18. The number of hydrazine groups is 1. The molecule has 5 N–H and O–H groups in total. The molecule has 0 fully saturated rings. The molecule has 0 saturated carbocycles. The van der Waals surface area contributed by atoms with E-state index in [2.05, 4.69) is 48.2 Å². The minimum atomic E-state index is -0.460. The molecule has 1 aliphatic carbocycles. The van der Waals surface area contributed by atoms with Gasteiger partial charge in [-0.15, -0.1) is 0 Å². The topological polar surface area (TPSA) is 88.4 Å². The van der Waals surface area contributed by atoms with Gasteiger partial charge >= 0.3 is 6.09 Å². The number of alkyl carbamates (subject to hydrolysis) is 1. The van der Waals surface area contributed by atoms with Crippen molar-refractivity contribution in [3.63, 3.8) is 0 Å². The molecular weight excluding hydrogens is 400 g/mol. The van der Waals surface area contributed by atoms with Crippen LogP contribution in [0, 0.1) is 0 Å². The number of amides is 1. The van der Waals surface area contributed by atoms with Crippen molar-refractivity contribution >= 4 is 6.09 Å². The van der Waals surface area contributed by atoms with E-state index in [1.54, 1.807) is 7.05 Å². The van der Waals surface area contributed by atoms with E-state index in [4.69, 9.17) is 10.5 Å². The van der Waals surface area contributed by atoms with Crippen LogP contribution in [0.3, 0.4) is 0 Å². The van der Waals surface area contributed by atoms with Crippen molar-refractivity contribution in [3.8, 4) is 0 Å². The van der Waals surface area contributed by atoms with E-state index in [-0.39, 0.29) is 6.61 Å². The molecule has 0 saturated heterocycles. The highest BCUT2D eigenvalue weighted by Crippen LogP contribution is 2.16. The van der Waals surface area contributed by atoms with Crippen LogP contribution in [0.2, 0.25) is 0 Å². The minimum Gasteiger partial charge on any atom is -0.444 e. The normalized spacial score (nSPS) is 15.2. The Morgan fingerprint density at radius 3 is 2.44 bits per heavy atom. The van der Waals surface area contributed by atoms with E-state index in [1.165, 1.54) is 0 Å². The van der Waals surface area contributed by atoms with Gasteiger partial charge in [0, 0.05) is 18.4 Å². The lowest BCUT2D eigenvalue weighted by atomic mass is 10.1. The van der Waals surface area contributed by atoms with Crippen LogP contribution in [0.15, 0.2) is 70.3 Å². The van der Waals surface area contributed by atoms with Crippen LogP contribution in [-0.2, 0) is 4.74 Å². The Kier molecular flexibility index (Phi) is 16.4. The maximum absolute atomic E-state index is 12.4. The zero-order valence-electron chi connectivity index (χ0n) is 21.1. The van der Waals surface area contributed by atoms with Gasteiger partial charge in [0.1, 0.15) is 6.61 Å². The smallest absolute Gasteiger partial charge is 0.411 e. The van der Waals surface area contributed by atoms with Crippen LogP contribution in [0.4, 0.5) is 4.79 Å². The molecule has 0 aromatic carbocycles. The molecule has 0 atom stereocenters. The van der Waals surface area contributed by atoms with Crippen molar-refractivity contribution in [3.05, 3.63) is 70.3 Å². The van der Waals surface area contributed by atoms with Crippen LogP contribution < -0.4 is 21.9 Å². The van der Waals surface area contributed by atoms with Gasteiger partial charge in [-0.3, -0.25) is 5.32 Å². The number of allylic oxidation sites excluding steroid dienone is 8. The van der Waals surface area contributed by atoms with E-state index in [0.717, 1.165) is 59.5 Å². The molecule has 6 heteroatoms. The molecule has 1 rings (SSSR count). The predicted molar refractivity (Wildman–Crippen MR) is 136 cm³/mol. The number of carbonyl (C=O) groups is 1. The molecule has 0 heterocycles. The number of rotatable bonds is 11. The summed E-state index contributed by atoms with van der Waals surface area (Å²) in [6.07, 6.45) is 16.2. The highest BCUT2D eigenvalue weighted by molar-refractivity contribution is 5.70. The molecule has 0 aromatic heterocycles. The zero-order valence-corrected chi connectivity index (χ0v) is 21.1. The number of hydrogen-bond acceptors (Lipinski definition) is 5. The second-order valence-electron chi connectivity index (χ2n) is 7.21. The highest BCUT2D eigenvalue weighted by Gasteiger charge is 2.13. The lowest BCUT2D eigenvalue weighted by molar-refractivity contribution is 0.159. The molecule has 0 unspecified atom stereocenters. The fourth-order valence-electron chi connectivity index (χ4n) is 2.97. The van der Waals surface area contributed by atoms with Gasteiger partial charge in [-0.2, -0.15) is 0 Å². The summed E-state index contributed by atoms with van der Waals surface area (Å²) in [5, 5.41) is 2.91. The predicted octanol–water partition coefficient (Wildman–Crippen LogP) is 5.90. The Morgan fingerprint density at radius 1 is 1.16 bits per heavy atom. The number of nitrogens with two attached hydrogens (primary N) is 1. The maximum atomic E-state index is 12.4. The molecule has 0 aromatic rings. The number of hydrogen-bond donors (Lipinski definition) is 4. The first-order valence-electron chi connectivity index (χ1n) is 11.7. The largest absolute Gasteiger partial charge is 0.444 e. The minimum absolute atomic E-state index is 0.271. The summed E-state index contributed by atoms with van der Waals surface area (Å²) < 4.78 is 5.41. The summed E-state index contributed by atoms with van der Waals surface area (Å²) in [5.41, 5.74) is 17.6. The van der Waals surface area contributed by atoms with E-state index < -0.39 is 6.09 Å². The molecule has 0 radical (unpaired) electrons. The molecule has 0 aliphatic heterocycles. The van der Waals surface area contributed by atoms with E-state index in [9.17, 15) is 4.79 Å². The summed E-state index contributed by atoms with van der Waals surface area (Å²) in [6, 6.07) is 0. The van der Waals surface area contributed by atoms with Crippen molar-refractivity contribution in [2.45, 2.75) is 73.6 Å². The summed E-state index contributed by atoms with van der Waals surface area (Å²) in [6.45, 7) is 12.4. The van der Waals surface area contributed by atoms with Crippen LogP contribution in [-0.4, -0.2) is 19.7 Å². The molecule has 6 nitrogen and oxygen atoms in total. The average molecular weight is 445 g/mol. The first-order valence-corrected chi connectivity index (χ1v) is 11.7. The van der Waals surface area contributed by atoms with Crippen molar-refractivity contribution in [2.75, 3.05) is 13.7 Å². The monoisotopic (exact) mass is 444 g/mol. The number of nitrogens with one attached hydrogen (secondary N) is 3. The first-order chi connectivity index (χ1) is 15.4. The lowest BCUT2D eigenvalue weighted by Crippen LogP contribution is -2.33. The van der Waals surface area contributed by atoms with Crippen LogP contribution in [0.5, 0.6) is 0 Å². The number of ether oxygens (including phenoxy) is 1. The zero-order chi connectivity index (χ0) is 24.4. The molecule has 1 amide bonds. The third-order valence-electron chi connectivity index (χ3n) is 4.62. The van der Waals surface area contributed by atoms with Gasteiger partial charge in [-0.05, 0) is 62.3 Å². The molecule has 32 heavy (non-hydrogen) atoms. The van der Waals surface area contributed by atoms with Crippen LogP contribution in [0.1, 0.15) is 73.6 Å². The standard InChI is InChI=1S/C24H38N4O2.C2H6/c1-6-11-18(3)21(25)16-15-19(4)23(28-26-5)22(12-7-2)27-24(29)30-17-20-13-9-8-10-14-20;1-2/h9,11,13-16,26,28H,6-8,10,12,17,25H2,1-5H3,(H,27,29);1-2H3/b18-11+,19-15+,21-16+,23-22+;. The molecule has 1 aliphatic rings. The second-order valence-corrected chi connectivity index (χ2v) is 7.21. The Bertz CT molecular complexity index is 756. The van der Waals surface area contributed by atoms with Gasteiger partial charge in [0.05, 0.1) is 5.70 Å². The summed E-state index contributed by atoms with van der Waals surface area (Å²) in [7, 11) is 1.79. The van der Waals surface area contributed by atoms with E-state index >= 15 is 0 Å². The summed E-state index contributed by atoms with van der Waals surface area (Å²) in [5.74, 6) is 0. The van der Waals surface area contributed by atoms with Gasteiger partial charge in [0.2, 0.25) is 0 Å². The molecule has 0 bridgehead atoms. The van der Waals surface area contributed by atoms with Gasteiger partial charge < -0.3 is 15.9 Å². The SMILES string of the molecule is CC.CC/C=C(C)/C(N)=C\C=C(C)\C(NNC)=C(\CCC)NC(=O)OCC1=CCCC=C1. The van der Waals surface area contributed by atoms with Gasteiger partial charge in [0.15, 0.2) is 0 Å². The fraction of sp³-hybridized carbons (Fsp3) is 0.500. The van der Waals surface area contributed by atoms with Crippen molar-refractivity contribution in [1.29, 1.82) is 0 Å². The molecule has 0 spiro atoms. The Balaban J connectivity index is 0.00000466. The number of carbonyl (C=O) groups excluding carboxylic acids is 1. The van der Waals surface area contributed by atoms with Gasteiger partial charge in [-0.1, -0.05) is 64.5 Å². The van der Waals surface area contributed by atoms with Crippen LogP contribution >= 0.6 is 0 Å². The maximum Gasteiger partial charge on any atom is 0.411 e. The van der Waals surface area contributed by atoms with E-state index in [0.29, 0.717) is 6.42 Å².